The molecule has 1 amide bonds. The smallest absolute Gasteiger partial charge is 0.256 e. The fourth-order valence-corrected chi connectivity index (χ4v) is 4.61. The Morgan fingerprint density at radius 2 is 1.81 bits per heavy atom. The highest BCUT2D eigenvalue weighted by atomic mass is 35.5. The van der Waals surface area contributed by atoms with Crippen LogP contribution in [0, 0.1) is 11.3 Å². The number of carbonyl (C=O) groups excluding carboxylic acids is 1. The molecule has 0 unspecified atom stereocenters. The molecule has 5 aromatic rings. The van der Waals surface area contributed by atoms with Gasteiger partial charge in [0.2, 0.25) is 0 Å². The molecule has 0 saturated carbocycles. The summed E-state index contributed by atoms with van der Waals surface area (Å²) < 4.78 is 1.87. The van der Waals surface area contributed by atoms with Gasteiger partial charge in [0, 0.05) is 31.5 Å². The van der Waals surface area contributed by atoms with Crippen molar-refractivity contribution in [3.63, 3.8) is 0 Å². The van der Waals surface area contributed by atoms with Gasteiger partial charge in [-0.3, -0.25) is 4.79 Å². The summed E-state index contributed by atoms with van der Waals surface area (Å²) in [5.74, 6) is -0.247. The number of hydrogen-bond acceptors (Lipinski definition) is 4. The summed E-state index contributed by atoms with van der Waals surface area (Å²) >= 11 is 12.1. The van der Waals surface area contributed by atoms with E-state index in [2.05, 4.69) is 16.0 Å². The van der Waals surface area contributed by atoms with Crippen molar-refractivity contribution in [2.45, 2.75) is 13.1 Å². The first-order valence-corrected chi connectivity index (χ1v) is 12.3. The summed E-state index contributed by atoms with van der Waals surface area (Å²) in [6, 6.07) is 23.6. The van der Waals surface area contributed by atoms with Crippen molar-refractivity contribution in [2.24, 2.45) is 7.05 Å². The third-order valence-corrected chi connectivity index (χ3v) is 6.94. The number of pyridine rings is 1. The summed E-state index contributed by atoms with van der Waals surface area (Å²) in [7, 11) is 1.88. The maximum absolute atomic E-state index is 13.6. The van der Waals surface area contributed by atoms with Crippen LogP contribution in [0.25, 0.3) is 21.9 Å². The lowest BCUT2D eigenvalue weighted by Gasteiger charge is -2.24. The lowest BCUT2D eigenvalue weighted by Crippen LogP contribution is -2.31. The quantitative estimate of drug-likeness (QED) is 0.232. The zero-order valence-corrected chi connectivity index (χ0v) is 21.4. The van der Waals surface area contributed by atoms with E-state index in [1.54, 1.807) is 23.5 Å². The van der Waals surface area contributed by atoms with Gasteiger partial charge in [-0.2, -0.15) is 5.26 Å². The fraction of sp³-hybridized carbons (Fsp3) is 0.103. The number of benzene rings is 3. The Labute approximate surface area is 224 Å². The molecule has 0 spiro atoms. The summed E-state index contributed by atoms with van der Waals surface area (Å²) in [6.07, 6.45) is 4.85. The normalized spacial score (nSPS) is 10.9. The average Bonchev–Trinajstić information content (AvgIpc) is 3.33. The lowest BCUT2D eigenvalue weighted by atomic mass is 9.93. The van der Waals surface area contributed by atoms with Gasteiger partial charge >= 0.3 is 0 Å². The number of imidazole rings is 1. The third kappa shape index (κ3) is 5.05. The van der Waals surface area contributed by atoms with Crippen LogP contribution in [0.2, 0.25) is 10.2 Å². The van der Waals surface area contributed by atoms with Crippen LogP contribution in [0.1, 0.15) is 27.2 Å². The summed E-state index contributed by atoms with van der Waals surface area (Å²) in [6.45, 7) is 0.618. The molecule has 3 aromatic carbocycles. The molecule has 8 heteroatoms. The van der Waals surface area contributed by atoms with Crippen LogP contribution in [0.15, 0.2) is 85.5 Å². The average molecular weight is 526 g/mol. The zero-order valence-electron chi connectivity index (χ0n) is 19.9. The van der Waals surface area contributed by atoms with Gasteiger partial charge in [0.05, 0.1) is 40.8 Å². The Hall–Kier alpha value is -4.18. The van der Waals surface area contributed by atoms with Gasteiger partial charge in [0.25, 0.3) is 5.91 Å². The van der Waals surface area contributed by atoms with Crippen molar-refractivity contribution in [3.05, 3.63) is 118 Å². The second-order valence-electron chi connectivity index (χ2n) is 8.67. The summed E-state index contributed by atoms with van der Waals surface area (Å²) in [5.41, 5.74) is 4.43. The van der Waals surface area contributed by atoms with Gasteiger partial charge in [0.15, 0.2) is 0 Å². The number of aryl methyl sites for hydroxylation is 1. The molecular weight excluding hydrogens is 505 g/mol. The van der Waals surface area contributed by atoms with E-state index in [-0.39, 0.29) is 16.1 Å². The highest BCUT2D eigenvalue weighted by molar-refractivity contribution is 6.41. The molecule has 182 valence electrons. The molecule has 0 aliphatic carbocycles. The lowest BCUT2D eigenvalue weighted by molar-refractivity contribution is 0.0726. The minimum atomic E-state index is -0.247. The van der Waals surface area contributed by atoms with E-state index in [0.717, 1.165) is 33.2 Å². The molecular formula is C29H21Cl2N5O. The van der Waals surface area contributed by atoms with Crippen LogP contribution in [0.5, 0.6) is 0 Å². The molecule has 0 atom stereocenters. The van der Waals surface area contributed by atoms with Gasteiger partial charge in [-0.25, -0.2) is 9.97 Å². The topological polar surface area (TPSA) is 74.8 Å². The number of nitriles is 1. The highest BCUT2D eigenvalue weighted by Crippen LogP contribution is 2.32. The van der Waals surface area contributed by atoms with Crippen molar-refractivity contribution in [1.29, 1.82) is 5.26 Å². The summed E-state index contributed by atoms with van der Waals surface area (Å²) in [4.78, 5) is 23.5. The zero-order chi connectivity index (χ0) is 25.9. The molecule has 5 rings (SSSR count). The first-order valence-electron chi connectivity index (χ1n) is 11.5. The predicted molar refractivity (Wildman–Crippen MR) is 145 cm³/mol. The van der Waals surface area contributed by atoms with E-state index in [1.165, 1.54) is 12.3 Å². The molecule has 6 nitrogen and oxygen atoms in total. The number of fused-ring (bicyclic) bond motifs is 1. The molecule has 2 aromatic heterocycles. The maximum atomic E-state index is 13.6. The molecule has 0 aliphatic rings. The largest absolute Gasteiger partial charge is 0.336 e. The van der Waals surface area contributed by atoms with Crippen LogP contribution < -0.4 is 0 Å². The van der Waals surface area contributed by atoms with E-state index in [9.17, 15) is 10.1 Å². The van der Waals surface area contributed by atoms with Gasteiger partial charge in [-0.05, 0) is 40.1 Å². The van der Waals surface area contributed by atoms with Crippen molar-refractivity contribution in [3.8, 4) is 17.2 Å². The van der Waals surface area contributed by atoms with E-state index in [0.29, 0.717) is 24.2 Å². The molecule has 0 radical (unpaired) electrons. The molecule has 0 N–H and O–H groups in total. The van der Waals surface area contributed by atoms with E-state index in [1.807, 2.05) is 66.2 Å². The molecule has 37 heavy (non-hydrogen) atoms. The highest BCUT2D eigenvalue weighted by Gasteiger charge is 2.20. The van der Waals surface area contributed by atoms with Gasteiger partial charge in [-0.1, -0.05) is 71.7 Å². The molecule has 0 fully saturated rings. The number of hydrogen-bond donors (Lipinski definition) is 0. The number of amides is 1. The van der Waals surface area contributed by atoms with Crippen molar-refractivity contribution < 1.29 is 4.79 Å². The third-order valence-electron chi connectivity index (χ3n) is 6.26. The molecule has 0 saturated heterocycles. The van der Waals surface area contributed by atoms with Crippen LogP contribution >= 0.6 is 23.2 Å². The molecule has 0 bridgehead atoms. The van der Waals surface area contributed by atoms with Crippen LogP contribution in [-0.2, 0) is 20.1 Å². The van der Waals surface area contributed by atoms with E-state index in [4.69, 9.17) is 23.2 Å². The first-order chi connectivity index (χ1) is 17.9. The molecule has 2 heterocycles. The minimum Gasteiger partial charge on any atom is -0.336 e. The van der Waals surface area contributed by atoms with E-state index < -0.39 is 0 Å². The number of halogens is 2. The maximum Gasteiger partial charge on any atom is 0.256 e. The summed E-state index contributed by atoms with van der Waals surface area (Å²) in [5, 5.41) is 12.4. The minimum absolute atomic E-state index is 0.142. The fourth-order valence-electron chi connectivity index (χ4n) is 4.34. The van der Waals surface area contributed by atoms with Crippen LogP contribution in [-0.4, -0.2) is 25.3 Å². The predicted octanol–water partition coefficient (Wildman–Crippen LogP) is 6.66. The monoisotopic (exact) mass is 525 g/mol. The Morgan fingerprint density at radius 1 is 1.00 bits per heavy atom. The van der Waals surface area contributed by atoms with E-state index >= 15 is 0 Å². The number of nitrogens with zero attached hydrogens (tertiary/aromatic N) is 5. The Balaban J connectivity index is 1.56. The van der Waals surface area contributed by atoms with Crippen LogP contribution in [0.4, 0.5) is 0 Å². The van der Waals surface area contributed by atoms with Gasteiger partial charge < -0.3 is 9.47 Å². The SMILES string of the molecule is Cn1cncc1CN(Cc1ccc(C#N)c(-c2cccc3ccccc23)c1)C(=O)c1cnc(Cl)c(Cl)c1. The first kappa shape index (κ1) is 24.5. The Morgan fingerprint density at radius 3 is 2.57 bits per heavy atom. The number of rotatable bonds is 6. The second kappa shape index (κ2) is 10.4. The Bertz CT molecular complexity index is 1670. The second-order valence-corrected chi connectivity index (χ2v) is 9.44. The Kier molecular flexibility index (Phi) is 6.91. The van der Waals surface area contributed by atoms with Crippen molar-refractivity contribution in [1.82, 2.24) is 19.4 Å². The van der Waals surface area contributed by atoms with Crippen molar-refractivity contribution >= 4 is 39.9 Å². The van der Waals surface area contributed by atoms with Gasteiger partial charge in [0.1, 0.15) is 5.15 Å². The number of carbonyl (C=O) groups is 1. The van der Waals surface area contributed by atoms with Gasteiger partial charge in [-0.15, -0.1) is 0 Å². The van der Waals surface area contributed by atoms with Crippen molar-refractivity contribution in [2.75, 3.05) is 0 Å². The molecule has 0 aliphatic heterocycles. The van der Waals surface area contributed by atoms with Crippen LogP contribution in [0.3, 0.4) is 0 Å². The standard InChI is InChI=1S/C29H21Cl2N5O/c1-35-18-33-15-23(35)17-36(29(37)22-12-27(30)28(31)34-14-22)16-19-9-10-21(13-32)26(11-19)25-8-4-6-20-5-2-3-7-24(20)25/h2-12,14-15,18H,16-17H2,1H3. The number of aromatic nitrogens is 3.